The van der Waals surface area contributed by atoms with Crippen LogP contribution in [-0.4, -0.2) is 6.54 Å². The molecule has 1 aromatic carbocycles. The van der Waals surface area contributed by atoms with Crippen molar-refractivity contribution in [1.82, 2.24) is 0 Å². The summed E-state index contributed by atoms with van der Waals surface area (Å²) in [5.74, 6) is 5.76. The Labute approximate surface area is 105 Å². The molecular weight excluding hydrogens is 252 g/mol. The molecule has 15 heavy (non-hydrogen) atoms. The number of rotatable bonds is 3. The molecule has 0 spiro atoms. The third-order valence-electron chi connectivity index (χ3n) is 1.74. The molecule has 0 aromatic heterocycles. The number of hydrogen-bond acceptors (Lipinski definition) is 1. The van der Waals surface area contributed by atoms with E-state index in [1.807, 2.05) is 6.92 Å². The molecule has 0 saturated carbocycles. The molecule has 1 nitrogen and oxygen atoms in total. The van der Waals surface area contributed by atoms with Crippen molar-refractivity contribution < 1.29 is 0 Å². The molecule has 80 valence electrons. The van der Waals surface area contributed by atoms with Crippen LogP contribution in [0.15, 0.2) is 12.1 Å². The van der Waals surface area contributed by atoms with Gasteiger partial charge in [0.2, 0.25) is 0 Å². The zero-order valence-electron chi connectivity index (χ0n) is 8.20. The van der Waals surface area contributed by atoms with E-state index in [0.29, 0.717) is 27.3 Å². The summed E-state index contributed by atoms with van der Waals surface area (Å²) in [6.45, 7) is 2.52. The lowest BCUT2D eigenvalue weighted by atomic mass is 10.3. The molecule has 1 aromatic rings. The second-order valence-corrected chi connectivity index (χ2v) is 4.10. The van der Waals surface area contributed by atoms with Crippen molar-refractivity contribution in [2.75, 3.05) is 11.9 Å². The third kappa shape index (κ3) is 3.83. The van der Waals surface area contributed by atoms with Gasteiger partial charge >= 0.3 is 0 Å². The molecule has 0 fully saturated rings. The maximum absolute atomic E-state index is 5.98. The fourth-order valence-electron chi connectivity index (χ4n) is 1.09. The maximum Gasteiger partial charge on any atom is 0.0720 e. The molecule has 0 aliphatic carbocycles. The van der Waals surface area contributed by atoms with Crippen LogP contribution in [0.2, 0.25) is 15.1 Å². The summed E-state index contributed by atoms with van der Waals surface area (Å²) in [6.07, 6.45) is 0.756. The Bertz CT molecular complexity index is 381. The first-order chi connectivity index (χ1) is 7.15. The first kappa shape index (κ1) is 12.5. The highest BCUT2D eigenvalue weighted by atomic mass is 35.5. The summed E-state index contributed by atoms with van der Waals surface area (Å²) in [5, 5.41) is 4.70. The van der Waals surface area contributed by atoms with E-state index in [9.17, 15) is 0 Å². The molecule has 0 saturated heterocycles. The van der Waals surface area contributed by atoms with Crippen LogP contribution in [0, 0.1) is 11.8 Å². The van der Waals surface area contributed by atoms with Gasteiger partial charge in [0.15, 0.2) is 0 Å². The standard InChI is InChI=1S/C11H10Cl3N/c1-2-3-4-5-15-11-9(13)6-8(12)7-10(11)14/h6-7,15H,4-5H2,1H3. The number of nitrogens with one attached hydrogen (secondary N) is 1. The normalized spacial score (nSPS) is 9.33. The number of benzene rings is 1. The van der Waals surface area contributed by atoms with Crippen LogP contribution in [0.25, 0.3) is 0 Å². The fraction of sp³-hybridized carbons (Fsp3) is 0.273. The lowest BCUT2D eigenvalue weighted by molar-refractivity contribution is 1.10. The molecular formula is C11H10Cl3N. The average Bonchev–Trinajstić information content (AvgIpc) is 2.15. The van der Waals surface area contributed by atoms with Gasteiger partial charge in [0.1, 0.15) is 0 Å². The van der Waals surface area contributed by atoms with E-state index in [-0.39, 0.29) is 0 Å². The van der Waals surface area contributed by atoms with E-state index in [0.717, 1.165) is 6.42 Å². The van der Waals surface area contributed by atoms with Gasteiger partial charge in [-0.15, -0.1) is 11.8 Å². The molecule has 1 N–H and O–H groups in total. The van der Waals surface area contributed by atoms with Crippen LogP contribution in [-0.2, 0) is 0 Å². The monoisotopic (exact) mass is 261 g/mol. The molecule has 0 bridgehead atoms. The van der Waals surface area contributed by atoms with Crippen molar-refractivity contribution in [2.24, 2.45) is 0 Å². The van der Waals surface area contributed by atoms with Crippen molar-refractivity contribution in [3.8, 4) is 11.8 Å². The van der Waals surface area contributed by atoms with Crippen molar-refractivity contribution in [3.63, 3.8) is 0 Å². The zero-order valence-corrected chi connectivity index (χ0v) is 10.5. The third-order valence-corrected chi connectivity index (χ3v) is 2.55. The minimum Gasteiger partial charge on any atom is -0.382 e. The Morgan fingerprint density at radius 3 is 2.33 bits per heavy atom. The van der Waals surface area contributed by atoms with Crippen LogP contribution in [0.1, 0.15) is 13.3 Å². The number of halogens is 3. The smallest absolute Gasteiger partial charge is 0.0720 e. The Kier molecular flexibility index (Phi) is 5.11. The lowest BCUT2D eigenvalue weighted by Crippen LogP contribution is -2.01. The molecule has 0 unspecified atom stereocenters. The van der Waals surface area contributed by atoms with Crippen molar-refractivity contribution in [3.05, 3.63) is 27.2 Å². The van der Waals surface area contributed by atoms with Gasteiger partial charge < -0.3 is 5.32 Å². The number of hydrogen-bond donors (Lipinski definition) is 1. The van der Waals surface area contributed by atoms with Crippen LogP contribution in [0.5, 0.6) is 0 Å². The van der Waals surface area contributed by atoms with Gasteiger partial charge in [0.25, 0.3) is 0 Å². The quantitative estimate of drug-likeness (QED) is 0.626. The van der Waals surface area contributed by atoms with E-state index in [4.69, 9.17) is 34.8 Å². The average molecular weight is 263 g/mol. The maximum atomic E-state index is 5.98. The highest BCUT2D eigenvalue weighted by Crippen LogP contribution is 2.33. The first-order valence-electron chi connectivity index (χ1n) is 4.43. The van der Waals surface area contributed by atoms with Crippen LogP contribution in [0.4, 0.5) is 5.69 Å². The largest absolute Gasteiger partial charge is 0.382 e. The summed E-state index contributed by atoms with van der Waals surface area (Å²) in [4.78, 5) is 0. The Morgan fingerprint density at radius 2 is 1.80 bits per heavy atom. The summed E-state index contributed by atoms with van der Waals surface area (Å²) >= 11 is 17.7. The number of anilines is 1. The second-order valence-electron chi connectivity index (χ2n) is 2.85. The van der Waals surface area contributed by atoms with Gasteiger partial charge in [-0.1, -0.05) is 34.8 Å². The lowest BCUT2D eigenvalue weighted by Gasteiger charge is -2.09. The van der Waals surface area contributed by atoms with Gasteiger partial charge in [-0.05, 0) is 19.1 Å². The SMILES string of the molecule is CC#CCCNc1c(Cl)cc(Cl)cc1Cl. The van der Waals surface area contributed by atoms with Crippen molar-refractivity contribution >= 4 is 40.5 Å². The Balaban J connectivity index is 2.71. The van der Waals surface area contributed by atoms with E-state index in [1.165, 1.54) is 0 Å². The van der Waals surface area contributed by atoms with Gasteiger partial charge in [-0.2, -0.15) is 0 Å². The Morgan fingerprint density at radius 1 is 1.20 bits per heavy atom. The molecule has 4 heteroatoms. The van der Waals surface area contributed by atoms with Crippen LogP contribution < -0.4 is 5.32 Å². The molecule has 0 radical (unpaired) electrons. The molecule has 0 amide bonds. The predicted octanol–water partition coefficient (Wildman–Crippen LogP) is 4.47. The minimum absolute atomic E-state index is 0.525. The minimum atomic E-state index is 0.525. The molecule has 1 rings (SSSR count). The summed E-state index contributed by atoms with van der Waals surface area (Å²) in [6, 6.07) is 3.31. The van der Waals surface area contributed by atoms with Crippen LogP contribution in [0.3, 0.4) is 0 Å². The summed E-state index contributed by atoms with van der Waals surface area (Å²) in [5.41, 5.74) is 0.709. The van der Waals surface area contributed by atoms with E-state index in [2.05, 4.69) is 17.2 Å². The topological polar surface area (TPSA) is 12.0 Å². The zero-order chi connectivity index (χ0) is 11.3. The van der Waals surface area contributed by atoms with Gasteiger partial charge in [0, 0.05) is 18.0 Å². The first-order valence-corrected chi connectivity index (χ1v) is 5.56. The predicted molar refractivity (Wildman–Crippen MR) is 68.0 cm³/mol. The van der Waals surface area contributed by atoms with Gasteiger partial charge in [-0.25, -0.2) is 0 Å². The highest BCUT2D eigenvalue weighted by molar-refractivity contribution is 6.41. The summed E-state index contributed by atoms with van der Waals surface area (Å²) in [7, 11) is 0. The fourth-order valence-corrected chi connectivity index (χ4v) is 2.04. The van der Waals surface area contributed by atoms with E-state index >= 15 is 0 Å². The Hall–Kier alpha value is -0.550. The molecule has 0 atom stereocenters. The highest BCUT2D eigenvalue weighted by Gasteiger charge is 2.06. The van der Waals surface area contributed by atoms with E-state index in [1.54, 1.807) is 12.1 Å². The van der Waals surface area contributed by atoms with Gasteiger partial charge in [0.05, 0.1) is 15.7 Å². The molecule has 0 aliphatic heterocycles. The van der Waals surface area contributed by atoms with Crippen molar-refractivity contribution in [2.45, 2.75) is 13.3 Å². The van der Waals surface area contributed by atoms with Gasteiger partial charge in [-0.3, -0.25) is 0 Å². The van der Waals surface area contributed by atoms with Crippen LogP contribution >= 0.6 is 34.8 Å². The summed E-state index contributed by atoms with van der Waals surface area (Å²) < 4.78 is 0. The van der Waals surface area contributed by atoms with Crippen molar-refractivity contribution in [1.29, 1.82) is 0 Å². The van der Waals surface area contributed by atoms with E-state index < -0.39 is 0 Å². The second kappa shape index (κ2) is 6.12. The molecule has 0 heterocycles. The molecule has 0 aliphatic rings.